The van der Waals surface area contributed by atoms with E-state index >= 15 is 0 Å². The van der Waals surface area contributed by atoms with Gasteiger partial charge < -0.3 is 10.8 Å². The van der Waals surface area contributed by atoms with Crippen molar-refractivity contribution in [1.82, 2.24) is 0 Å². The number of benzene rings is 1. The minimum atomic E-state index is -0.422. The first-order chi connectivity index (χ1) is 7.14. The molecule has 1 aromatic rings. The molecule has 15 heavy (non-hydrogen) atoms. The maximum Gasteiger partial charge on any atom is 0.141 e. The van der Waals surface area contributed by atoms with Gasteiger partial charge in [0.25, 0.3) is 0 Å². The van der Waals surface area contributed by atoms with Gasteiger partial charge in [0.05, 0.1) is 5.02 Å². The second kappa shape index (κ2) is 3.74. The van der Waals surface area contributed by atoms with Gasteiger partial charge in [-0.2, -0.15) is 0 Å². The van der Waals surface area contributed by atoms with Gasteiger partial charge in [-0.1, -0.05) is 17.7 Å². The Labute approximate surface area is 92.9 Å². The minimum Gasteiger partial charge on any atom is -0.396 e. The first-order valence-electron chi connectivity index (χ1n) is 4.90. The highest BCUT2D eigenvalue weighted by atomic mass is 35.5. The van der Waals surface area contributed by atoms with Crippen molar-refractivity contribution in [2.45, 2.75) is 11.8 Å². The summed E-state index contributed by atoms with van der Waals surface area (Å²) < 4.78 is 13.0. The SMILES string of the molecule is NCC1(c2ccc(F)c(Cl)c2)CC1CO. The molecule has 82 valence electrons. The quantitative estimate of drug-likeness (QED) is 0.829. The van der Waals surface area contributed by atoms with E-state index in [1.54, 1.807) is 12.1 Å². The van der Waals surface area contributed by atoms with Gasteiger partial charge in [0.2, 0.25) is 0 Å². The molecule has 0 amide bonds. The number of aliphatic hydroxyl groups excluding tert-OH is 1. The van der Waals surface area contributed by atoms with Crippen molar-refractivity contribution in [3.63, 3.8) is 0 Å². The van der Waals surface area contributed by atoms with Crippen LogP contribution >= 0.6 is 11.6 Å². The minimum absolute atomic E-state index is 0.115. The van der Waals surface area contributed by atoms with Crippen LogP contribution in [0.5, 0.6) is 0 Å². The lowest BCUT2D eigenvalue weighted by Crippen LogP contribution is -2.23. The summed E-state index contributed by atoms with van der Waals surface area (Å²) in [5.41, 5.74) is 6.44. The maximum atomic E-state index is 13.0. The highest BCUT2D eigenvalue weighted by molar-refractivity contribution is 6.30. The van der Waals surface area contributed by atoms with E-state index < -0.39 is 5.82 Å². The Morgan fingerprint density at radius 2 is 2.33 bits per heavy atom. The highest BCUT2D eigenvalue weighted by Gasteiger charge is 2.53. The first kappa shape index (κ1) is 10.9. The summed E-state index contributed by atoms with van der Waals surface area (Å²) in [4.78, 5) is 0. The van der Waals surface area contributed by atoms with Gasteiger partial charge in [-0.25, -0.2) is 4.39 Å². The molecule has 0 heterocycles. The first-order valence-corrected chi connectivity index (χ1v) is 5.28. The molecule has 1 fully saturated rings. The zero-order valence-electron chi connectivity index (χ0n) is 8.21. The molecule has 0 radical (unpaired) electrons. The van der Waals surface area contributed by atoms with Crippen LogP contribution in [0.4, 0.5) is 4.39 Å². The third kappa shape index (κ3) is 1.65. The summed E-state index contributed by atoms with van der Waals surface area (Å²) >= 11 is 5.72. The Morgan fingerprint density at radius 1 is 1.60 bits per heavy atom. The van der Waals surface area contributed by atoms with Crippen LogP contribution in [-0.2, 0) is 5.41 Å². The summed E-state index contributed by atoms with van der Waals surface area (Å²) in [5.74, 6) is -0.238. The van der Waals surface area contributed by atoms with Gasteiger partial charge in [0, 0.05) is 18.6 Å². The molecule has 0 aromatic heterocycles. The average Bonchev–Trinajstić information content (AvgIpc) is 2.97. The smallest absolute Gasteiger partial charge is 0.141 e. The van der Waals surface area contributed by atoms with Crippen LogP contribution in [0.15, 0.2) is 18.2 Å². The number of rotatable bonds is 3. The van der Waals surface area contributed by atoms with Crippen LogP contribution in [0.1, 0.15) is 12.0 Å². The molecule has 1 saturated carbocycles. The van der Waals surface area contributed by atoms with Crippen molar-refractivity contribution in [3.05, 3.63) is 34.6 Å². The van der Waals surface area contributed by atoms with E-state index in [1.165, 1.54) is 6.07 Å². The Hall–Kier alpha value is -0.640. The van der Waals surface area contributed by atoms with Gasteiger partial charge in [-0.3, -0.25) is 0 Å². The molecule has 0 aliphatic heterocycles. The van der Waals surface area contributed by atoms with Crippen molar-refractivity contribution >= 4 is 11.6 Å². The fourth-order valence-corrected chi connectivity index (χ4v) is 2.33. The molecule has 1 aliphatic carbocycles. The Kier molecular flexibility index (Phi) is 2.71. The standard InChI is InChI=1S/C11H13ClFNO/c12-9-3-7(1-2-10(9)13)11(6-14)4-8(11)5-15/h1-3,8,15H,4-6,14H2. The molecule has 4 heteroatoms. The van der Waals surface area contributed by atoms with E-state index in [4.69, 9.17) is 22.4 Å². The van der Waals surface area contributed by atoms with E-state index in [9.17, 15) is 4.39 Å². The molecule has 2 rings (SSSR count). The molecule has 0 saturated heterocycles. The molecule has 2 nitrogen and oxygen atoms in total. The van der Waals surface area contributed by atoms with Gasteiger partial charge >= 0.3 is 0 Å². The second-order valence-electron chi connectivity index (χ2n) is 4.07. The zero-order chi connectivity index (χ0) is 11.1. The summed E-state index contributed by atoms with van der Waals surface area (Å²) in [7, 11) is 0. The number of hydrogen-bond donors (Lipinski definition) is 2. The Bertz CT molecular complexity index is 385. The number of halogens is 2. The van der Waals surface area contributed by atoms with Crippen molar-refractivity contribution < 1.29 is 9.50 Å². The van der Waals surface area contributed by atoms with Crippen LogP contribution in [-0.4, -0.2) is 18.3 Å². The number of hydrogen-bond acceptors (Lipinski definition) is 2. The van der Waals surface area contributed by atoms with Gasteiger partial charge in [-0.05, 0) is 30.0 Å². The molecule has 3 N–H and O–H groups in total. The molecule has 0 bridgehead atoms. The summed E-state index contributed by atoms with van der Waals surface area (Å²) in [5, 5.41) is 9.21. The van der Waals surface area contributed by atoms with E-state index in [0.29, 0.717) is 6.54 Å². The van der Waals surface area contributed by atoms with Crippen LogP contribution in [0, 0.1) is 11.7 Å². The van der Waals surface area contributed by atoms with Gasteiger partial charge in [-0.15, -0.1) is 0 Å². The third-order valence-electron chi connectivity index (χ3n) is 3.31. The van der Waals surface area contributed by atoms with E-state index in [0.717, 1.165) is 12.0 Å². The van der Waals surface area contributed by atoms with Crippen molar-refractivity contribution in [2.24, 2.45) is 11.7 Å². The molecular formula is C11H13ClFNO. The Balaban J connectivity index is 2.33. The number of nitrogens with two attached hydrogens (primary N) is 1. The average molecular weight is 230 g/mol. The second-order valence-corrected chi connectivity index (χ2v) is 4.48. The van der Waals surface area contributed by atoms with Crippen LogP contribution in [0.2, 0.25) is 5.02 Å². The predicted molar refractivity (Wildman–Crippen MR) is 57.3 cm³/mol. The summed E-state index contributed by atoms with van der Waals surface area (Å²) in [6.07, 6.45) is 0.849. The van der Waals surface area contributed by atoms with Gasteiger partial charge in [0.15, 0.2) is 0 Å². The number of aliphatic hydroxyl groups is 1. The third-order valence-corrected chi connectivity index (χ3v) is 3.60. The zero-order valence-corrected chi connectivity index (χ0v) is 8.97. The summed E-state index contributed by atoms with van der Waals surface area (Å²) in [6, 6.07) is 4.66. The maximum absolute atomic E-state index is 13.0. The topological polar surface area (TPSA) is 46.2 Å². The van der Waals surface area contributed by atoms with E-state index in [2.05, 4.69) is 0 Å². The Morgan fingerprint density at radius 3 is 2.80 bits per heavy atom. The molecule has 0 spiro atoms. The molecule has 1 aliphatic rings. The molecule has 2 atom stereocenters. The van der Waals surface area contributed by atoms with Crippen molar-refractivity contribution in [3.8, 4) is 0 Å². The van der Waals surface area contributed by atoms with Gasteiger partial charge in [0.1, 0.15) is 5.82 Å². The van der Waals surface area contributed by atoms with E-state index in [-0.39, 0.29) is 23.0 Å². The molecular weight excluding hydrogens is 217 g/mol. The highest BCUT2D eigenvalue weighted by Crippen LogP contribution is 2.53. The van der Waals surface area contributed by atoms with Crippen LogP contribution in [0.3, 0.4) is 0 Å². The largest absolute Gasteiger partial charge is 0.396 e. The summed E-state index contributed by atoms with van der Waals surface area (Å²) in [6.45, 7) is 0.576. The van der Waals surface area contributed by atoms with Crippen molar-refractivity contribution in [2.75, 3.05) is 13.2 Å². The lowest BCUT2D eigenvalue weighted by molar-refractivity contribution is 0.264. The molecule has 1 aromatic carbocycles. The van der Waals surface area contributed by atoms with Crippen LogP contribution < -0.4 is 5.73 Å². The van der Waals surface area contributed by atoms with Crippen molar-refractivity contribution in [1.29, 1.82) is 0 Å². The lowest BCUT2D eigenvalue weighted by atomic mass is 9.93. The normalized spacial score (nSPS) is 29.2. The van der Waals surface area contributed by atoms with E-state index in [1.807, 2.05) is 0 Å². The van der Waals surface area contributed by atoms with Crippen LogP contribution in [0.25, 0.3) is 0 Å². The fraction of sp³-hybridized carbons (Fsp3) is 0.455. The lowest BCUT2D eigenvalue weighted by Gasteiger charge is -2.15. The monoisotopic (exact) mass is 229 g/mol. The predicted octanol–water partition coefficient (Wildman–Crippen LogP) is 1.69. The molecule has 2 unspecified atom stereocenters. The fourth-order valence-electron chi connectivity index (χ4n) is 2.15.